The molecule has 0 amide bonds. The van der Waals surface area contributed by atoms with Crippen LogP contribution in [0.3, 0.4) is 0 Å². The Hall–Kier alpha value is -1.33. The van der Waals surface area contributed by atoms with Crippen LogP contribution in [-0.4, -0.2) is 51.1 Å². The van der Waals surface area contributed by atoms with Crippen LogP contribution in [0.5, 0.6) is 5.75 Å². The second-order valence-electron chi connectivity index (χ2n) is 9.07. The first-order chi connectivity index (χ1) is 15.1. The lowest BCUT2D eigenvalue weighted by molar-refractivity contribution is -0.0328. The molecule has 0 heterocycles. The van der Waals surface area contributed by atoms with Crippen LogP contribution in [0.1, 0.15) is 49.7 Å². The lowest BCUT2D eigenvalue weighted by Gasteiger charge is -2.50. The first-order valence-corrected chi connectivity index (χ1v) is 14.3. The molecule has 1 aromatic carbocycles. The third kappa shape index (κ3) is 5.19. The van der Waals surface area contributed by atoms with E-state index < -0.39 is 48.8 Å². The smallest absolute Gasteiger partial charge is 0.362 e. The van der Waals surface area contributed by atoms with Gasteiger partial charge in [0, 0.05) is 5.41 Å². The molecule has 0 aliphatic heterocycles. The van der Waals surface area contributed by atoms with Crippen molar-refractivity contribution < 1.29 is 51.5 Å². The molecular formula is C18H24O12S3. The van der Waals surface area contributed by atoms with Crippen LogP contribution in [0.25, 0.3) is 0 Å². The topological polar surface area (TPSA) is 191 Å². The second kappa shape index (κ2) is 8.12. The van der Waals surface area contributed by atoms with E-state index >= 15 is 0 Å². The minimum absolute atomic E-state index is 0.00733. The number of fused-ring (bicyclic) bond motifs is 5. The van der Waals surface area contributed by atoms with Crippen molar-refractivity contribution in [2.45, 2.75) is 57.2 Å². The highest BCUT2D eigenvalue weighted by molar-refractivity contribution is 7.81. The highest BCUT2D eigenvalue weighted by Gasteiger charge is 2.61. The minimum Gasteiger partial charge on any atom is -0.362 e. The molecule has 15 heteroatoms. The molecular weight excluding hydrogens is 504 g/mol. The first-order valence-electron chi connectivity index (χ1n) is 10.2. The molecule has 186 valence electrons. The highest BCUT2D eigenvalue weighted by atomic mass is 32.3. The third-order valence-corrected chi connectivity index (χ3v) is 8.63. The summed E-state index contributed by atoms with van der Waals surface area (Å²) >= 11 is 0. The molecule has 4 rings (SSSR count). The molecule has 6 atom stereocenters. The first kappa shape index (κ1) is 24.8. The molecule has 0 spiro atoms. The second-order valence-corrected chi connectivity index (χ2v) is 12.2. The predicted molar refractivity (Wildman–Crippen MR) is 111 cm³/mol. The molecule has 33 heavy (non-hydrogen) atoms. The molecule has 3 N–H and O–H groups in total. The van der Waals surface area contributed by atoms with E-state index in [4.69, 9.17) is 12.9 Å². The predicted octanol–water partition coefficient (Wildman–Crippen LogP) is 1.71. The summed E-state index contributed by atoms with van der Waals surface area (Å²) in [6, 6.07) is 4.71. The van der Waals surface area contributed by atoms with Gasteiger partial charge in [-0.3, -0.25) is 13.7 Å². The van der Waals surface area contributed by atoms with Crippen LogP contribution < -0.4 is 4.18 Å². The summed E-state index contributed by atoms with van der Waals surface area (Å²) in [6.07, 6.45) is -0.337. The van der Waals surface area contributed by atoms with Crippen LogP contribution in [-0.2, 0) is 46.0 Å². The van der Waals surface area contributed by atoms with Crippen LogP contribution >= 0.6 is 0 Å². The SMILES string of the molecule is C[C@]12CCC3c4ccc(OS(=O)(=O)O)cc4CCC3C1CC(OS(=O)(=O)O)C2OS(=O)(=O)O. The van der Waals surface area contributed by atoms with Crippen LogP contribution in [0.4, 0.5) is 0 Å². The average Bonchev–Trinajstić information content (AvgIpc) is 2.89. The number of aryl methyl sites for hydroxylation is 1. The highest BCUT2D eigenvalue weighted by Crippen LogP contribution is 2.62. The summed E-state index contributed by atoms with van der Waals surface area (Å²) in [5.74, 6) is -0.245. The summed E-state index contributed by atoms with van der Waals surface area (Å²) in [6.45, 7) is 1.76. The quantitative estimate of drug-likeness (QED) is 0.454. The lowest BCUT2D eigenvalue weighted by Crippen LogP contribution is -2.47. The molecule has 0 aromatic heterocycles. The fraction of sp³-hybridized carbons (Fsp3) is 0.667. The van der Waals surface area contributed by atoms with Crippen molar-refractivity contribution in [3.63, 3.8) is 0 Å². The standard InChI is InChI=1S/C18H24O12S3/c1-18-7-6-13-12-5-3-11(28-31(19,20)21)8-10(12)2-4-14(13)15(18)9-16(29-32(22,23)24)17(18)30-33(25,26)27/h3,5,8,13-17H,2,4,6-7,9H2,1H3,(H,19,20,21)(H,22,23,24)(H,25,26,27)/t13?,14?,15?,16?,17?,18-/m0/s1. The summed E-state index contributed by atoms with van der Waals surface area (Å²) in [5.41, 5.74) is 0.968. The van der Waals surface area contributed by atoms with Crippen molar-refractivity contribution in [3.05, 3.63) is 29.3 Å². The van der Waals surface area contributed by atoms with E-state index in [0.717, 1.165) is 11.1 Å². The monoisotopic (exact) mass is 528 g/mol. The number of rotatable bonds is 6. The lowest BCUT2D eigenvalue weighted by atomic mass is 9.55. The van der Waals surface area contributed by atoms with Gasteiger partial charge >= 0.3 is 31.2 Å². The molecule has 2 saturated carbocycles. The van der Waals surface area contributed by atoms with Crippen molar-refractivity contribution in [2.75, 3.05) is 0 Å². The largest absolute Gasteiger partial charge is 0.446 e. The van der Waals surface area contributed by atoms with Crippen LogP contribution in [0.2, 0.25) is 0 Å². The van der Waals surface area contributed by atoms with Gasteiger partial charge in [-0.1, -0.05) is 13.0 Å². The van der Waals surface area contributed by atoms with Crippen molar-refractivity contribution >= 4 is 31.2 Å². The Balaban J connectivity index is 1.66. The van der Waals surface area contributed by atoms with Crippen LogP contribution in [0, 0.1) is 17.3 Å². The molecule has 3 aliphatic carbocycles. The van der Waals surface area contributed by atoms with Crippen LogP contribution in [0.15, 0.2) is 18.2 Å². The van der Waals surface area contributed by atoms with Gasteiger partial charge in [0.05, 0.1) is 0 Å². The Morgan fingerprint density at radius 2 is 1.61 bits per heavy atom. The van der Waals surface area contributed by atoms with Gasteiger partial charge in [-0.25, -0.2) is 8.37 Å². The Morgan fingerprint density at radius 1 is 0.939 bits per heavy atom. The van der Waals surface area contributed by atoms with E-state index in [1.807, 2.05) is 0 Å². The Kier molecular flexibility index (Phi) is 6.10. The van der Waals surface area contributed by atoms with Gasteiger partial charge in [0.1, 0.15) is 18.0 Å². The van der Waals surface area contributed by atoms with E-state index in [9.17, 15) is 34.4 Å². The Bertz CT molecular complexity index is 1260. The van der Waals surface area contributed by atoms with E-state index in [1.165, 1.54) is 6.07 Å². The fourth-order valence-corrected chi connectivity index (χ4v) is 7.67. The van der Waals surface area contributed by atoms with Gasteiger partial charge in [0.25, 0.3) is 0 Å². The van der Waals surface area contributed by atoms with E-state index in [1.54, 1.807) is 19.1 Å². The van der Waals surface area contributed by atoms with Gasteiger partial charge in [-0.2, -0.15) is 25.3 Å². The third-order valence-electron chi connectivity index (χ3n) is 7.28. The summed E-state index contributed by atoms with van der Waals surface area (Å²) in [4.78, 5) is 0. The normalized spacial score (nSPS) is 34.2. The molecule has 0 bridgehead atoms. The summed E-state index contributed by atoms with van der Waals surface area (Å²) < 4.78 is 109. The zero-order valence-electron chi connectivity index (χ0n) is 17.4. The number of benzene rings is 1. The molecule has 0 saturated heterocycles. The Labute approximate surface area is 192 Å². The van der Waals surface area contributed by atoms with Crippen molar-refractivity contribution in [2.24, 2.45) is 17.3 Å². The zero-order chi connectivity index (χ0) is 24.4. The van der Waals surface area contributed by atoms with Crippen molar-refractivity contribution in [1.82, 2.24) is 0 Å². The molecule has 1 aromatic rings. The maximum absolute atomic E-state index is 11.5. The van der Waals surface area contributed by atoms with E-state index in [2.05, 4.69) is 4.18 Å². The van der Waals surface area contributed by atoms with Gasteiger partial charge in [-0.05, 0) is 73.1 Å². The summed E-state index contributed by atoms with van der Waals surface area (Å²) in [5, 5.41) is 0. The van der Waals surface area contributed by atoms with Gasteiger partial charge in [-0.15, -0.1) is 0 Å². The number of hydrogen-bond acceptors (Lipinski definition) is 9. The Morgan fingerprint density at radius 3 is 2.21 bits per heavy atom. The molecule has 2 fully saturated rings. The maximum Gasteiger partial charge on any atom is 0.446 e. The van der Waals surface area contributed by atoms with Gasteiger partial charge in [0.2, 0.25) is 0 Å². The fourth-order valence-electron chi connectivity index (χ4n) is 6.22. The van der Waals surface area contributed by atoms with Gasteiger partial charge in [0.15, 0.2) is 0 Å². The zero-order valence-corrected chi connectivity index (χ0v) is 19.8. The molecule has 0 radical (unpaired) electrons. The average molecular weight is 529 g/mol. The molecule has 12 nitrogen and oxygen atoms in total. The molecule has 5 unspecified atom stereocenters. The maximum atomic E-state index is 11.5. The number of hydrogen-bond donors (Lipinski definition) is 3. The van der Waals surface area contributed by atoms with Crippen molar-refractivity contribution in [3.8, 4) is 5.75 Å². The minimum atomic E-state index is -4.92. The van der Waals surface area contributed by atoms with E-state index in [-0.39, 0.29) is 29.9 Å². The van der Waals surface area contributed by atoms with Crippen molar-refractivity contribution in [1.29, 1.82) is 0 Å². The summed E-state index contributed by atoms with van der Waals surface area (Å²) in [7, 11) is -14.5. The van der Waals surface area contributed by atoms with Gasteiger partial charge < -0.3 is 4.18 Å². The molecule has 3 aliphatic rings. The van der Waals surface area contributed by atoms with E-state index in [0.29, 0.717) is 25.7 Å².